The molecule has 1 N–H and O–H groups in total. The molecule has 1 amide bonds. The normalized spacial score (nSPS) is 11.8. The molecule has 0 aromatic heterocycles. The maximum atomic E-state index is 12.4. The Morgan fingerprint density at radius 3 is 2.55 bits per heavy atom. The predicted molar refractivity (Wildman–Crippen MR) is 90.4 cm³/mol. The molecule has 0 aliphatic rings. The van der Waals surface area contributed by atoms with Gasteiger partial charge in [-0.2, -0.15) is 0 Å². The largest absolute Gasteiger partial charge is 0.480 e. The molecular formula is C19H23NO2. The van der Waals surface area contributed by atoms with Gasteiger partial charge in [0.1, 0.15) is 5.75 Å². The van der Waals surface area contributed by atoms with Gasteiger partial charge in [0.2, 0.25) is 0 Å². The van der Waals surface area contributed by atoms with Gasteiger partial charge in [0.25, 0.3) is 5.91 Å². The van der Waals surface area contributed by atoms with Crippen LogP contribution in [0.4, 0.5) is 5.69 Å². The van der Waals surface area contributed by atoms with Crippen molar-refractivity contribution >= 4 is 11.6 Å². The quantitative estimate of drug-likeness (QED) is 0.888. The number of nitrogens with one attached hydrogen (secondary N) is 1. The number of rotatable bonds is 5. The van der Waals surface area contributed by atoms with Crippen LogP contribution in [0, 0.1) is 20.8 Å². The fraction of sp³-hybridized carbons (Fsp3) is 0.316. The molecule has 22 heavy (non-hydrogen) atoms. The van der Waals surface area contributed by atoms with E-state index < -0.39 is 6.10 Å². The Hall–Kier alpha value is -2.29. The van der Waals surface area contributed by atoms with Gasteiger partial charge in [-0.3, -0.25) is 4.79 Å². The van der Waals surface area contributed by atoms with E-state index in [-0.39, 0.29) is 5.91 Å². The third kappa shape index (κ3) is 3.88. The third-order valence-corrected chi connectivity index (χ3v) is 3.77. The first kappa shape index (κ1) is 16.1. The summed E-state index contributed by atoms with van der Waals surface area (Å²) in [5.74, 6) is 0.653. The van der Waals surface area contributed by atoms with Crippen LogP contribution in [0.5, 0.6) is 5.75 Å². The number of amides is 1. The zero-order chi connectivity index (χ0) is 16.1. The second kappa shape index (κ2) is 7.12. The average Bonchev–Trinajstić information content (AvgIpc) is 2.48. The Morgan fingerprint density at radius 2 is 1.86 bits per heavy atom. The number of ether oxygens (including phenoxy) is 1. The van der Waals surface area contributed by atoms with Crippen LogP contribution >= 0.6 is 0 Å². The van der Waals surface area contributed by atoms with Gasteiger partial charge in [-0.05, 0) is 62.1 Å². The summed E-state index contributed by atoms with van der Waals surface area (Å²) in [5.41, 5.74) is 4.14. The summed E-state index contributed by atoms with van der Waals surface area (Å²) in [6.07, 6.45) is 0.117. The van der Waals surface area contributed by atoms with Crippen LogP contribution in [0.1, 0.15) is 30.0 Å². The lowest BCUT2D eigenvalue weighted by Crippen LogP contribution is -2.32. The maximum Gasteiger partial charge on any atom is 0.265 e. The molecule has 0 aliphatic carbocycles. The number of hydrogen-bond donors (Lipinski definition) is 1. The van der Waals surface area contributed by atoms with Crippen LogP contribution in [0.2, 0.25) is 0 Å². The van der Waals surface area contributed by atoms with Crippen LogP contribution in [0.3, 0.4) is 0 Å². The molecular weight excluding hydrogens is 274 g/mol. The first-order chi connectivity index (χ1) is 10.5. The zero-order valence-corrected chi connectivity index (χ0v) is 13.6. The van der Waals surface area contributed by atoms with Crippen molar-refractivity contribution in [2.45, 2.75) is 40.2 Å². The second-order valence-electron chi connectivity index (χ2n) is 5.57. The molecule has 3 nitrogen and oxygen atoms in total. The molecule has 0 spiro atoms. The molecule has 0 unspecified atom stereocenters. The fourth-order valence-corrected chi connectivity index (χ4v) is 2.27. The fourth-order valence-electron chi connectivity index (χ4n) is 2.27. The van der Waals surface area contributed by atoms with E-state index in [1.165, 1.54) is 0 Å². The summed E-state index contributed by atoms with van der Waals surface area (Å²) in [5, 5.41) is 2.92. The van der Waals surface area contributed by atoms with E-state index in [2.05, 4.69) is 5.32 Å². The number of anilines is 1. The molecule has 0 fully saturated rings. The minimum absolute atomic E-state index is 0.117. The average molecular weight is 297 g/mol. The van der Waals surface area contributed by atoms with Crippen LogP contribution in [-0.4, -0.2) is 12.0 Å². The first-order valence-corrected chi connectivity index (χ1v) is 7.61. The molecule has 0 bridgehead atoms. The summed E-state index contributed by atoms with van der Waals surface area (Å²) < 4.78 is 5.93. The van der Waals surface area contributed by atoms with Gasteiger partial charge < -0.3 is 10.1 Å². The lowest BCUT2D eigenvalue weighted by Gasteiger charge is -2.19. The Morgan fingerprint density at radius 1 is 1.14 bits per heavy atom. The minimum Gasteiger partial charge on any atom is -0.480 e. The summed E-state index contributed by atoms with van der Waals surface area (Å²) >= 11 is 0. The van der Waals surface area contributed by atoms with Gasteiger partial charge in [0.05, 0.1) is 0 Å². The van der Waals surface area contributed by atoms with E-state index in [0.29, 0.717) is 6.42 Å². The summed E-state index contributed by atoms with van der Waals surface area (Å²) in [6.45, 7) is 8.00. The lowest BCUT2D eigenvalue weighted by molar-refractivity contribution is -0.122. The van der Waals surface area contributed by atoms with Gasteiger partial charge in [-0.1, -0.05) is 31.2 Å². The van der Waals surface area contributed by atoms with Crippen molar-refractivity contribution in [3.63, 3.8) is 0 Å². The molecule has 116 valence electrons. The minimum atomic E-state index is -0.499. The number of hydrogen-bond acceptors (Lipinski definition) is 2. The van der Waals surface area contributed by atoms with Crippen LogP contribution in [0.15, 0.2) is 42.5 Å². The van der Waals surface area contributed by atoms with E-state index in [1.807, 2.05) is 70.2 Å². The highest BCUT2D eigenvalue weighted by Gasteiger charge is 2.19. The van der Waals surface area contributed by atoms with Gasteiger partial charge in [0.15, 0.2) is 6.10 Å². The highest BCUT2D eigenvalue weighted by molar-refractivity contribution is 5.94. The molecule has 2 rings (SSSR count). The highest BCUT2D eigenvalue weighted by atomic mass is 16.5. The van der Waals surface area contributed by atoms with Crippen molar-refractivity contribution in [1.29, 1.82) is 0 Å². The molecule has 0 heterocycles. The molecule has 0 saturated heterocycles. The summed E-state index contributed by atoms with van der Waals surface area (Å²) in [4.78, 5) is 12.4. The van der Waals surface area contributed by atoms with Crippen molar-refractivity contribution in [1.82, 2.24) is 0 Å². The Balaban J connectivity index is 2.10. The number of carbonyl (C=O) groups excluding carboxylic acids is 1. The topological polar surface area (TPSA) is 38.3 Å². The second-order valence-corrected chi connectivity index (χ2v) is 5.57. The van der Waals surface area contributed by atoms with Gasteiger partial charge >= 0.3 is 0 Å². The van der Waals surface area contributed by atoms with Crippen molar-refractivity contribution in [3.8, 4) is 5.75 Å². The van der Waals surface area contributed by atoms with Crippen LogP contribution in [-0.2, 0) is 4.79 Å². The van der Waals surface area contributed by atoms with E-state index >= 15 is 0 Å². The first-order valence-electron chi connectivity index (χ1n) is 7.61. The van der Waals surface area contributed by atoms with E-state index in [0.717, 1.165) is 28.1 Å². The van der Waals surface area contributed by atoms with E-state index in [4.69, 9.17) is 4.74 Å². The molecule has 0 aliphatic heterocycles. The lowest BCUT2D eigenvalue weighted by atomic mass is 10.1. The third-order valence-electron chi connectivity index (χ3n) is 3.77. The Bertz CT molecular complexity index is 664. The van der Waals surface area contributed by atoms with E-state index in [1.54, 1.807) is 0 Å². The summed E-state index contributed by atoms with van der Waals surface area (Å²) in [6, 6.07) is 13.7. The van der Waals surface area contributed by atoms with Crippen LogP contribution < -0.4 is 10.1 Å². The van der Waals surface area contributed by atoms with Crippen LogP contribution in [0.25, 0.3) is 0 Å². The van der Waals surface area contributed by atoms with Gasteiger partial charge in [-0.25, -0.2) is 0 Å². The number of aryl methyl sites for hydroxylation is 2. The zero-order valence-electron chi connectivity index (χ0n) is 13.6. The van der Waals surface area contributed by atoms with Crippen molar-refractivity contribution in [3.05, 3.63) is 59.2 Å². The highest BCUT2D eigenvalue weighted by Crippen LogP contribution is 2.23. The SMILES string of the molecule is CC[C@@H](Oc1cccc(C)c1C)C(=O)Nc1cccc(C)c1. The Kier molecular flexibility index (Phi) is 5.21. The van der Waals surface area contributed by atoms with Crippen molar-refractivity contribution in [2.24, 2.45) is 0 Å². The van der Waals surface area contributed by atoms with Crippen molar-refractivity contribution in [2.75, 3.05) is 5.32 Å². The van der Waals surface area contributed by atoms with Gasteiger partial charge in [-0.15, -0.1) is 0 Å². The standard InChI is InChI=1S/C19H23NO2/c1-5-17(22-18-11-7-9-14(3)15(18)4)19(21)20-16-10-6-8-13(2)12-16/h6-12,17H,5H2,1-4H3,(H,20,21)/t17-/m1/s1. The molecule has 1 atom stereocenters. The molecule has 2 aromatic rings. The maximum absolute atomic E-state index is 12.4. The monoisotopic (exact) mass is 297 g/mol. The Labute approximate surface area is 132 Å². The smallest absolute Gasteiger partial charge is 0.265 e. The van der Waals surface area contributed by atoms with Gasteiger partial charge in [0, 0.05) is 5.69 Å². The van der Waals surface area contributed by atoms with E-state index in [9.17, 15) is 4.79 Å². The molecule has 3 heteroatoms. The number of carbonyl (C=O) groups is 1. The number of benzene rings is 2. The predicted octanol–water partition coefficient (Wildman–Crippen LogP) is 4.41. The molecule has 0 saturated carbocycles. The summed E-state index contributed by atoms with van der Waals surface area (Å²) in [7, 11) is 0. The van der Waals surface area contributed by atoms with Crippen molar-refractivity contribution < 1.29 is 9.53 Å². The molecule has 2 aromatic carbocycles. The molecule has 0 radical (unpaired) electrons.